The van der Waals surface area contributed by atoms with Crippen molar-refractivity contribution in [3.05, 3.63) is 11.3 Å². The molecule has 0 bridgehead atoms. The number of amides is 1. The van der Waals surface area contributed by atoms with Crippen LogP contribution in [0.1, 0.15) is 12.8 Å². The number of carboxylic acids is 1. The Labute approximate surface area is 145 Å². The van der Waals surface area contributed by atoms with Crippen LogP contribution in [-0.2, 0) is 9.59 Å². The lowest BCUT2D eigenvalue weighted by molar-refractivity contribution is -0.893. The molecule has 118 valence electrons. The number of carbonyl (C=O) groups excluding carboxylic acids is 2. The maximum atomic E-state index is 11.8. The van der Waals surface area contributed by atoms with Gasteiger partial charge in [0, 0.05) is 24.2 Å². The SMILES string of the molecule is C[N+]1(CC2=C(C(=O)[O-])N3C(=O)C(N)[C@@H]3SC2)CCCC1.I. The summed E-state index contributed by atoms with van der Waals surface area (Å²) >= 11 is 1.56. The third-order valence-corrected chi connectivity index (χ3v) is 5.86. The van der Waals surface area contributed by atoms with Gasteiger partial charge in [0.25, 0.3) is 0 Å². The number of hydrogen-bond donors (Lipinski definition) is 1. The first-order valence-electron chi connectivity index (χ1n) is 6.90. The number of fused-ring (bicyclic) bond motifs is 1. The largest absolute Gasteiger partial charge is 0.543 e. The second kappa shape index (κ2) is 6.05. The fraction of sp³-hybridized carbons (Fsp3) is 0.692. The lowest BCUT2D eigenvalue weighted by Crippen LogP contribution is -2.69. The van der Waals surface area contributed by atoms with Gasteiger partial charge >= 0.3 is 0 Å². The van der Waals surface area contributed by atoms with Crippen LogP contribution in [0.3, 0.4) is 0 Å². The van der Waals surface area contributed by atoms with E-state index >= 15 is 0 Å². The molecular formula is C13H20IN3O3S. The van der Waals surface area contributed by atoms with Crippen LogP contribution in [0.5, 0.6) is 0 Å². The molecule has 2 fully saturated rings. The fourth-order valence-electron chi connectivity index (χ4n) is 3.41. The van der Waals surface area contributed by atoms with Gasteiger partial charge in [0.05, 0.1) is 31.8 Å². The molecule has 6 nitrogen and oxygen atoms in total. The van der Waals surface area contributed by atoms with E-state index in [1.165, 1.54) is 17.7 Å². The highest BCUT2D eigenvalue weighted by Crippen LogP contribution is 2.40. The third kappa shape index (κ3) is 2.82. The lowest BCUT2D eigenvalue weighted by atomic mass is 10.0. The van der Waals surface area contributed by atoms with E-state index in [-0.39, 0.29) is 41.0 Å². The maximum absolute atomic E-state index is 11.8. The molecule has 3 rings (SSSR count). The van der Waals surface area contributed by atoms with E-state index < -0.39 is 12.0 Å². The van der Waals surface area contributed by atoms with Gasteiger partial charge in [-0.25, -0.2) is 0 Å². The van der Waals surface area contributed by atoms with Crippen LogP contribution in [0, 0.1) is 0 Å². The Hall–Kier alpha value is -0.320. The molecule has 2 atom stereocenters. The molecule has 0 saturated carbocycles. The molecule has 0 radical (unpaired) electrons. The van der Waals surface area contributed by atoms with Crippen LogP contribution in [0.2, 0.25) is 0 Å². The van der Waals surface area contributed by atoms with Crippen molar-refractivity contribution < 1.29 is 19.2 Å². The summed E-state index contributed by atoms with van der Waals surface area (Å²) in [5.74, 6) is -0.932. The standard InChI is InChI=1S/C13H19N3O3S.HI/c1-16(4-2-3-5-16)6-8-7-20-12-9(14)11(17)15(12)10(8)13(18)19;/h9,12H,2-7,14H2,1H3;1H/t9?,12-;/m0./s1. The second-order valence-electron chi connectivity index (χ2n) is 6.11. The van der Waals surface area contributed by atoms with Gasteiger partial charge in [-0.2, -0.15) is 0 Å². The predicted molar refractivity (Wildman–Crippen MR) is 88.5 cm³/mol. The summed E-state index contributed by atoms with van der Waals surface area (Å²) in [6.07, 6.45) is 2.35. The Morgan fingerprint density at radius 3 is 2.67 bits per heavy atom. The molecule has 3 aliphatic heterocycles. The first-order valence-corrected chi connectivity index (χ1v) is 7.95. The Balaban J connectivity index is 0.00000161. The van der Waals surface area contributed by atoms with E-state index in [1.807, 2.05) is 0 Å². The van der Waals surface area contributed by atoms with Crippen molar-refractivity contribution in [2.75, 3.05) is 32.4 Å². The molecule has 21 heavy (non-hydrogen) atoms. The summed E-state index contributed by atoms with van der Waals surface area (Å²) in [5.41, 5.74) is 6.61. The Bertz CT molecular complexity index is 505. The van der Waals surface area contributed by atoms with E-state index in [0.717, 1.165) is 23.1 Å². The zero-order chi connectivity index (χ0) is 14.5. The summed E-state index contributed by atoms with van der Waals surface area (Å²) in [6, 6.07) is -0.576. The average molecular weight is 425 g/mol. The quantitative estimate of drug-likeness (QED) is 0.360. The lowest BCUT2D eigenvalue weighted by Gasteiger charge is -2.50. The highest BCUT2D eigenvalue weighted by atomic mass is 127. The van der Waals surface area contributed by atoms with Crippen molar-refractivity contribution in [2.24, 2.45) is 5.73 Å². The van der Waals surface area contributed by atoms with Crippen LogP contribution >= 0.6 is 35.7 Å². The van der Waals surface area contributed by atoms with Crippen molar-refractivity contribution in [1.29, 1.82) is 0 Å². The zero-order valence-electron chi connectivity index (χ0n) is 11.9. The minimum absolute atomic E-state index is 0. The van der Waals surface area contributed by atoms with Crippen LogP contribution in [-0.4, -0.2) is 65.1 Å². The normalized spacial score (nSPS) is 30.6. The fourth-order valence-corrected chi connectivity index (χ4v) is 4.69. The van der Waals surface area contributed by atoms with E-state index in [9.17, 15) is 14.7 Å². The highest BCUT2D eigenvalue weighted by molar-refractivity contribution is 14.0. The first kappa shape index (κ1) is 17.0. The molecule has 0 aromatic rings. The summed E-state index contributed by atoms with van der Waals surface area (Å²) in [6.45, 7) is 2.80. The van der Waals surface area contributed by atoms with Gasteiger partial charge in [0.15, 0.2) is 0 Å². The molecule has 0 spiro atoms. The summed E-state index contributed by atoms with van der Waals surface area (Å²) in [7, 11) is 2.15. The summed E-state index contributed by atoms with van der Waals surface area (Å²) in [4.78, 5) is 24.6. The molecule has 2 N–H and O–H groups in total. The van der Waals surface area contributed by atoms with Gasteiger partial charge in [-0.05, 0) is 0 Å². The van der Waals surface area contributed by atoms with E-state index in [1.54, 1.807) is 11.8 Å². The number of rotatable bonds is 3. The van der Waals surface area contributed by atoms with Gasteiger partial charge in [0.2, 0.25) is 5.91 Å². The van der Waals surface area contributed by atoms with Crippen LogP contribution < -0.4 is 10.8 Å². The topological polar surface area (TPSA) is 86.5 Å². The maximum Gasteiger partial charge on any atom is 0.248 e. The number of quaternary nitrogens is 1. The number of likely N-dealkylation sites (tertiary alicyclic amines) is 1. The minimum Gasteiger partial charge on any atom is -0.543 e. The molecule has 8 heteroatoms. The molecule has 1 unspecified atom stereocenters. The summed E-state index contributed by atoms with van der Waals surface area (Å²) < 4.78 is 0.853. The van der Waals surface area contributed by atoms with E-state index in [2.05, 4.69) is 7.05 Å². The Kier molecular flexibility index (Phi) is 4.91. The minimum atomic E-state index is -1.25. The van der Waals surface area contributed by atoms with Crippen molar-refractivity contribution in [1.82, 2.24) is 4.90 Å². The number of aliphatic carboxylic acids is 1. The number of likely N-dealkylation sites (N-methyl/N-ethyl adjacent to an activating group) is 1. The smallest absolute Gasteiger partial charge is 0.248 e. The third-order valence-electron chi connectivity index (χ3n) is 4.50. The zero-order valence-corrected chi connectivity index (χ0v) is 15.1. The molecule has 3 aliphatic rings. The van der Waals surface area contributed by atoms with Crippen LogP contribution in [0.15, 0.2) is 11.3 Å². The molecule has 0 aromatic heterocycles. The van der Waals surface area contributed by atoms with Gasteiger partial charge < -0.3 is 20.1 Å². The van der Waals surface area contributed by atoms with Crippen molar-refractivity contribution in [3.8, 4) is 0 Å². The van der Waals surface area contributed by atoms with E-state index in [4.69, 9.17) is 5.73 Å². The molecule has 3 heterocycles. The Morgan fingerprint density at radius 1 is 1.48 bits per heavy atom. The Morgan fingerprint density at radius 2 is 2.10 bits per heavy atom. The predicted octanol–water partition coefficient (Wildman–Crippen LogP) is -0.909. The molecule has 1 amide bonds. The number of nitrogens with zero attached hydrogens (tertiary/aromatic N) is 2. The number of carboxylic acid groups (broad SMARTS) is 1. The number of hydrogen-bond acceptors (Lipinski definition) is 5. The van der Waals surface area contributed by atoms with Crippen LogP contribution in [0.25, 0.3) is 0 Å². The number of thioether (sulfide) groups is 1. The summed E-state index contributed by atoms with van der Waals surface area (Å²) in [5, 5.41) is 11.2. The van der Waals surface area contributed by atoms with Crippen molar-refractivity contribution in [3.63, 3.8) is 0 Å². The van der Waals surface area contributed by atoms with Crippen molar-refractivity contribution in [2.45, 2.75) is 24.3 Å². The molecule has 2 saturated heterocycles. The number of halogens is 1. The second-order valence-corrected chi connectivity index (χ2v) is 7.21. The van der Waals surface area contributed by atoms with Gasteiger partial charge in [-0.3, -0.25) is 9.69 Å². The number of β-lactam (4-membered cyclic amide) rings is 1. The number of nitrogens with two attached hydrogens (primary N) is 1. The molecule has 0 aliphatic carbocycles. The van der Waals surface area contributed by atoms with Gasteiger partial charge in [-0.1, -0.05) is 0 Å². The monoisotopic (exact) mass is 425 g/mol. The van der Waals surface area contributed by atoms with Crippen LogP contribution in [0.4, 0.5) is 0 Å². The molecule has 0 aromatic carbocycles. The number of carbonyl (C=O) groups is 2. The average Bonchev–Trinajstić information content (AvgIpc) is 2.83. The van der Waals surface area contributed by atoms with E-state index in [0.29, 0.717) is 12.3 Å². The van der Waals surface area contributed by atoms with Gasteiger partial charge in [-0.15, -0.1) is 35.7 Å². The first-order chi connectivity index (χ1) is 9.43. The van der Waals surface area contributed by atoms with Gasteiger partial charge in [0.1, 0.15) is 18.0 Å². The highest BCUT2D eigenvalue weighted by Gasteiger charge is 2.50. The van der Waals surface area contributed by atoms with Crippen molar-refractivity contribution >= 4 is 47.6 Å². The molecular weight excluding hydrogens is 405 g/mol.